The fraction of sp³-hybridized carbons (Fsp3) is 0.188. The molecule has 0 amide bonds. The molecule has 2 N–H and O–H groups in total. The smallest absolute Gasteiger partial charge is 0.395 e. The molecule has 0 radical (unpaired) electrons. The molecule has 1 heterocycles. The number of nitrogens with zero attached hydrogens (tertiary/aromatic N) is 2. The van der Waals surface area contributed by atoms with Crippen molar-refractivity contribution in [2.45, 2.75) is 6.92 Å². The minimum Gasteiger partial charge on any atom is -0.488 e. The molecule has 2 aromatic rings. The Balaban J connectivity index is 2.06. The van der Waals surface area contributed by atoms with Gasteiger partial charge in [0.2, 0.25) is 0 Å². The zero-order valence-corrected chi connectivity index (χ0v) is 13.7. The molecular formula is C16H15N3O7. The van der Waals surface area contributed by atoms with E-state index in [2.05, 4.69) is 9.97 Å². The third-order valence-electron chi connectivity index (χ3n) is 3.05. The lowest BCUT2D eigenvalue weighted by Gasteiger charge is -2.05. The van der Waals surface area contributed by atoms with Crippen molar-refractivity contribution >= 4 is 23.8 Å². The summed E-state index contributed by atoms with van der Waals surface area (Å²) in [5.74, 6) is -0.999. The molecule has 1 aromatic carbocycles. The number of esters is 1. The van der Waals surface area contributed by atoms with Gasteiger partial charge in [0.15, 0.2) is 6.61 Å². The zero-order valence-electron chi connectivity index (χ0n) is 13.7. The minimum absolute atomic E-state index is 0.0410. The van der Waals surface area contributed by atoms with E-state index in [0.717, 1.165) is 0 Å². The van der Waals surface area contributed by atoms with Gasteiger partial charge in [0.1, 0.15) is 11.6 Å². The maximum atomic E-state index is 11.5. The van der Waals surface area contributed by atoms with E-state index in [1.165, 1.54) is 6.08 Å². The number of carbonyl (C=O) groups excluding carboxylic acids is 1. The van der Waals surface area contributed by atoms with Crippen LogP contribution in [0.4, 0.5) is 5.69 Å². The number of benzene rings is 1. The van der Waals surface area contributed by atoms with Crippen molar-refractivity contribution in [3.05, 3.63) is 56.1 Å². The first-order valence-corrected chi connectivity index (χ1v) is 7.45. The Kier molecular flexibility index (Phi) is 6.04. The van der Waals surface area contributed by atoms with Gasteiger partial charge in [-0.3, -0.25) is 14.9 Å². The number of aromatic nitrogens is 2. The number of nitro groups is 1. The predicted molar refractivity (Wildman–Crippen MR) is 90.7 cm³/mol. The van der Waals surface area contributed by atoms with Gasteiger partial charge in [-0.25, -0.2) is 4.79 Å². The maximum absolute atomic E-state index is 11.5. The molecule has 0 bridgehead atoms. The Bertz CT molecular complexity index is 888. The first-order chi connectivity index (χ1) is 12.4. The average Bonchev–Trinajstić information content (AvgIpc) is 2.58. The number of aromatic hydroxyl groups is 1. The number of rotatable bonds is 7. The molecule has 0 aliphatic heterocycles. The minimum atomic E-state index is -1.05. The Hall–Kier alpha value is -3.69. The number of ether oxygens (including phenoxy) is 2. The lowest BCUT2D eigenvalue weighted by atomic mass is 10.2. The van der Waals surface area contributed by atoms with Crippen LogP contribution in [0.1, 0.15) is 18.3 Å². The fourth-order valence-electron chi connectivity index (χ4n) is 1.91. The normalized spacial score (nSPS) is 10.7. The molecule has 10 heteroatoms. The van der Waals surface area contributed by atoms with E-state index in [4.69, 9.17) is 9.47 Å². The molecule has 0 saturated carbocycles. The summed E-state index contributed by atoms with van der Waals surface area (Å²) in [6.07, 6.45) is 2.94. The van der Waals surface area contributed by atoms with Crippen LogP contribution < -0.4 is 10.3 Å². The average molecular weight is 361 g/mol. The Morgan fingerprint density at radius 1 is 1.35 bits per heavy atom. The highest BCUT2D eigenvalue weighted by molar-refractivity contribution is 5.71. The van der Waals surface area contributed by atoms with E-state index in [0.29, 0.717) is 11.3 Å². The molecule has 1 aromatic heterocycles. The van der Waals surface area contributed by atoms with Crippen molar-refractivity contribution in [2.24, 2.45) is 0 Å². The molecule has 0 fully saturated rings. The van der Waals surface area contributed by atoms with Crippen molar-refractivity contribution in [1.82, 2.24) is 9.97 Å². The number of hydrogen-bond donors (Lipinski definition) is 2. The number of nitrogens with one attached hydrogen (secondary N) is 1. The van der Waals surface area contributed by atoms with Gasteiger partial charge in [-0.15, -0.1) is 0 Å². The molecule has 136 valence electrons. The lowest BCUT2D eigenvalue weighted by molar-refractivity contribution is -0.387. The molecule has 0 saturated heterocycles. The number of hydrogen-bond acceptors (Lipinski definition) is 8. The van der Waals surface area contributed by atoms with Crippen LogP contribution in [0.15, 0.2) is 29.1 Å². The Labute approximate surface area is 146 Å². The summed E-state index contributed by atoms with van der Waals surface area (Å²) in [6, 6.07) is 6.62. The van der Waals surface area contributed by atoms with Gasteiger partial charge in [0, 0.05) is 0 Å². The van der Waals surface area contributed by atoms with Crippen LogP contribution in [0.3, 0.4) is 0 Å². The molecule has 26 heavy (non-hydrogen) atoms. The van der Waals surface area contributed by atoms with E-state index in [1.807, 2.05) is 0 Å². The van der Waals surface area contributed by atoms with E-state index >= 15 is 0 Å². The van der Waals surface area contributed by atoms with Gasteiger partial charge in [-0.2, -0.15) is 4.98 Å². The monoisotopic (exact) mass is 361 g/mol. The van der Waals surface area contributed by atoms with Gasteiger partial charge in [0.25, 0.3) is 5.88 Å². The van der Waals surface area contributed by atoms with Gasteiger partial charge in [-0.05, 0) is 30.7 Å². The van der Waals surface area contributed by atoms with Crippen LogP contribution >= 0.6 is 0 Å². The summed E-state index contributed by atoms with van der Waals surface area (Å²) in [5.41, 5.74) is -1.36. The molecule has 0 aliphatic rings. The van der Waals surface area contributed by atoms with Gasteiger partial charge in [-0.1, -0.05) is 18.2 Å². The third-order valence-corrected chi connectivity index (χ3v) is 3.05. The highest BCUT2D eigenvalue weighted by Crippen LogP contribution is 2.18. The topological polar surface area (TPSA) is 145 Å². The Morgan fingerprint density at radius 2 is 2.04 bits per heavy atom. The molecule has 10 nitrogen and oxygen atoms in total. The van der Waals surface area contributed by atoms with E-state index < -0.39 is 28.0 Å². The lowest BCUT2D eigenvalue weighted by Crippen LogP contribution is -2.14. The van der Waals surface area contributed by atoms with E-state index in [-0.39, 0.29) is 19.0 Å². The van der Waals surface area contributed by atoms with Crippen LogP contribution in [0.25, 0.3) is 12.2 Å². The van der Waals surface area contributed by atoms with Gasteiger partial charge >= 0.3 is 17.2 Å². The summed E-state index contributed by atoms with van der Waals surface area (Å²) >= 11 is 0. The molecule has 0 spiro atoms. The molecule has 2 rings (SSSR count). The fourth-order valence-corrected chi connectivity index (χ4v) is 1.91. The van der Waals surface area contributed by atoms with Crippen molar-refractivity contribution in [1.29, 1.82) is 0 Å². The molecule has 0 unspecified atom stereocenters. The summed E-state index contributed by atoms with van der Waals surface area (Å²) < 4.78 is 9.99. The second-order valence-corrected chi connectivity index (χ2v) is 4.88. The van der Waals surface area contributed by atoms with E-state index in [1.54, 1.807) is 37.3 Å². The van der Waals surface area contributed by atoms with E-state index in [9.17, 15) is 24.8 Å². The van der Waals surface area contributed by atoms with Crippen LogP contribution in [0.5, 0.6) is 11.6 Å². The van der Waals surface area contributed by atoms with Gasteiger partial charge < -0.3 is 19.6 Å². The van der Waals surface area contributed by atoms with Crippen molar-refractivity contribution in [3.63, 3.8) is 0 Å². The van der Waals surface area contributed by atoms with Crippen molar-refractivity contribution in [2.75, 3.05) is 13.2 Å². The quantitative estimate of drug-likeness (QED) is 0.429. The van der Waals surface area contributed by atoms with Gasteiger partial charge in [0.05, 0.1) is 11.5 Å². The zero-order chi connectivity index (χ0) is 19.1. The molecular weight excluding hydrogens is 346 g/mol. The SMILES string of the molecule is CCOC(=O)COc1ccc(C=Cc2nc(O)c([N+](=O)[O-])c(=O)[nH]2)cc1. The third kappa shape index (κ3) is 4.90. The maximum Gasteiger partial charge on any atom is 0.395 e. The van der Waals surface area contributed by atoms with Crippen LogP contribution in [-0.4, -0.2) is 39.2 Å². The van der Waals surface area contributed by atoms with Crippen LogP contribution in [-0.2, 0) is 9.53 Å². The summed E-state index contributed by atoms with van der Waals surface area (Å²) in [4.78, 5) is 38.1. The molecule has 0 aliphatic carbocycles. The second kappa shape index (κ2) is 8.42. The van der Waals surface area contributed by atoms with Crippen LogP contribution in [0.2, 0.25) is 0 Å². The number of aromatic amines is 1. The second-order valence-electron chi connectivity index (χ2n) is 4.88. The largest absolute Gasteiger partial charge is 0.488 e. The Morgan fingerprint density at radius 3 is 2.62 bits per heavy atom. The predicted octanol–water partition coefficient (Wildman–Crippen LogP) is 1.50. The first kappa shape index (κ1) is 18.6. The van der Waals surface area contributed by atoms with Crippen LogP contribution in [0, 0.1) is 10.1 Å². The van der Waals surface area contributed by atoms with Crippen molar-refractivity contribution < 1.29 is 24.3 Å². The highest BCUT2D eigenvalue weighted by Gasteiger charge is 2.21. The number of H-pyrrole nitrogens is 1. The summed E-state index contributed by atoms with van der Waals surface area (Å²) in [5, 5.41) is 20.1. The van der Waals surface area contributed by atoms with Crippen molar-refractivity contribution in [3.8, 4) is 11.6 Å². The highest BCUT2D eigenvalue weighted by atomic mass is 16.6. The summed E-state index contributed by atoms with van der Waals surface area (Å²) in [7, 11) is 0. The summed E-state index contributed by atoms with van der Waals surface area (Å²) in [6.45, 7) is 1.78. The standard InChI is InChI=1S/C16H15N3O7/c1-2-25-13(20)9-26-11-6-3-10(4-7-11)5-8-12-17-15(21)14(19(23)24)16(22)18-12/h3-8H,2,9H2,1H3,(H2,17,18,21,22). The number of carbonyl (C=O) groups is 1. The first-order valence-electron chi connectivity index (χ1n) is 7.45. The molecule has 0 atom stereocenters.